The first-order chi connectivity index (χ1) is 12.4. The van der Waals surface area contributed by atoms with Gasteiger partial charge in [-0.1, -0.05) is 22.9 Å². The molecule has 0 radical (unpaired) electrons. The number of likely N-dealkylation sites (tertiary alicyclic amines) is 1. The highest BCUT2D eigenvalue weighted by Gasteiger charge is 2.33. The van der Waals surface area contributed by atoms with Gasteiger partial charge in [-0.25, -0.2) is 4.79 Å². The van der Waals surface area contributed by atoms with Crippen molar-refractivity contribution in [2.75, 3.05) is 11.9 Å². The lowest BCUT2D eigenvalue weighted by atomic mass is 10.2. The van der Waals surface area contributed by atoms with Crippen LogP contribution in [-0.4, -0.2) is 39.6 Å². The molecule has 138 valence electrons. The summed E-state index contributed by atoms with van der Waals surface area (Å²) in [5.74, 6) is -0.327. The summed E-state index contributed by atoms with van der Waals surface area (Å²) < 4.78 is 0. The minimum atomic E-state index is -0.327. The van der Waals surface area contributed by atoms with Gasteiger partial charge < -0.3 is 15.5 Å². The van der Waals surface area contributed by atoms with Crippen molar-refractivity contribution in [2.45, 2.75) is 38.8 Å². The largest absolute Gasteiger partial charge is 0.336 e. The summed E-state index contributed by atoms with van der Waals surface area (Å²) in [6.07, 6.45) is 1.72. The number of amides is 3. The second-order valence-corrected chi connectivity index (χ2v) is 7.81. The van der Waals surface area contributed by atoms with Crippen LogP contribution in [0.4, 0.5) is 10.5 Å². The molecule has 1 aromatic carbocycles. The van der Waals surface area contributed by atoms with Crippen molar-refractivity contribution in [3.8, 4) is 0 Å². The van der Waals surface area contributed by atoms with Crippen LogP contribution in [0, 0.1) is 0 Å². The molecule has 2 heterocycles. The summed E-state index contributed by atoms with van der Waals surface area (Å²) in [5, 5.41) is 15.4. The van der Waals surface area contributed by atoms with Crippen molar-refractivity contribution in [1.82, 2.24) is 20.4 Å². The van der Waals surface area contributed by atoms with Crippen LogP contribution in [0.25, 0.3) is 0 Å². The van der Waals surface area contributed by atoms with Crippen molar-refractivity contribution in [3.05, 3.63) is 39.3 Å². The quantitative estimate of drug-likeness (QED) is 0.829. The summed E-state index contributed by atoms with van der Waals surface area (Å²) in [6, 6.07) is 6.67. The number of nitrogens with one attached hydrogen (secondary N) is 2. The van der Waals surface area contributed by atoms with E-state index in [0.29, 0.717) is 22.3 Å². The van der Waals surface area contributed by atoms with Gasteiger partial charge in [-0.2, -0.15) is 0 Å². The van der Waals surface area contributed by atoms with Crippen LogP contribution in [0.2, 0.25) is 5.02 Å². The molecule has 0 saturated carbocycles. The van der Waals surface area contributed by atoms with Gasteiger partial charge in [-0.3, -0.25) is 4.79 Å². The molecule has 1 unspecified atom stereocenters. The van der Waals surface area contributed by atoms with Crippen LogP contribution in [-0.2, 0) is 0 Å². The Morgan fingerprint density at radius 2 is 2.00 bits per heavy atom. The number of halogens is 1. The summed E-state index contributed by atoms with van der Waals surface area (Å²) in [6.45, 7) is 4.52. The highest BCUT2D eigenvalue weighted by molar-refractivity contribution is 7.13. The Morgan fingerprint density at radius 1 is 1.27 bits per heavy atom. The maximum Gasteiger partial charge on any atom is 0.318 e. The van der Waals surface area contributed by atoms with E-state index in [0.717, 1.165) is 12.8 Å². The second-order valence-electron chi connectivity index (χ2n) is 6.36. The van der Waals surface area contributed by atoms with Crippen LogP contribution in [0.15, 0.2) is 24.3 Å². The average molecular weight is 394 g/mol. The van der Waals surface area contributed by atoms with E-state index >= 15 is 0 Å². The van der Waals surface area contributed by atoms with Crippen LogP contribution in [0.5, 0.6) is 0 Å². The molecule has 0 bridgehead atoms. The minimum Gasteiger partial charge on any atom is -0.336 e. The highest BCUT2D eigenvalue weighted by atomic mass is 35.5. The first-order valence-corrected chi connectivity index (χ1v) is 9.61. The molecular weight excluding hydrogens is 374 g/mol. The molecule has 9 heteroatoms. The van der Waals surface area contributed by atoms with Gasteiger partial charge in [0.2, 0.25) is 5.01 Å². The van der Waals surface area contributed by atoms with E-state index in [1.807, 2.05) is 13.8 Å². The number of rotatable bonds is 4. The summed E-state index contributed by atoms with van der Waals surface area (Å²) in [7, 11) is 0. The van der Waals surface area contributed by atoms with Gasteiger partial charge in [0.1, 0.15) is 5.01 Å². The second kappa shape index (κ2) is 8.01. The molecule has 0 aliphatic carbocycles. The Balaban J connectivity index is 1.69. The van der Waals surface area contributed by atoms with E-state index in [9.17, 15) is 9.59 Å². The third kappa shape index (κ3) is 4.31. The molecule has 1 aromatic heterocycles. The molecule has 1 fully saturated rings. The van der Waals surface area contributed by atoms with Gasteiger partial charge >= 0.3 is 6.03 Å². The molecule has 26 heavy (non-hydrogen) atoms. The van der Waals surface area contributed by atoms with Crippen LogP contribution >= 0.6 is 22.9 Å². The standard InChI is InChI=1S/C17H20ClN5O2S/c1-10(2)19-17(25)23-9-3-4-13(23)15-21-22-16(26-15)14(24)20-12-7-5-11(18)6-8-12/h5-8,10,13H,3-4,9H2,1-2H3,(H,19,25)(H,20,24). The van der Waals surface area contributed by atoms with Crippen molar-refractivity contribution in [3.63, 3.8) is 0 Å². The summed E-state index contributed by atoms with van der Waals surface area (Å²) in [4.78, 5) is 26.5. The lowest BCUT2D eigenvalue weighted by Crippen LogP contribution is -2.42. The number of benzene rings is 1. The predicted molar refractivity (Wildman–Crippen MR) is 102 cm³/mol. The Morgan fingerprint density at radius 3 is 2.69 bits per heavy atom. The van der Waals surface area contributed by atoms with Gasteiger partial charge in [0.15, 0.2) is 0 Å². The lowest BCUT2D eigenvalue weighted by molar-refractivity contribution is 0.102. The fourth-order valence-corrected chi connectivity index (χ4v) is 3.79. The van der Waals surface area contributed by atoms with Crippen LogP contribution < -0.4 is 10.6 Å². The molecular formula is C17H20ClN5O2S. The van der Waals surface area contributed by atoms with Crippen molar-refractivity contribution < 1.29 is 9.59 Å². The van der Waals surface area contributed by atoms with Crippen LogP contribution in [0.3, 0.4) is 0 Å². The number of carbonyl (C=O) groups excluding carboxylic acids is 2. The number of aromatic nitrogens is 2. The van der Waals surface area contributed by atoms with Crippen LogP contribution in [0.1, 0.15) is 47.5 Å². The van der Waals surface area contributed by atoms with Gasteiger partial charge in [0.25, 0.3) is 5.91 Å². The van der Waals surface area contributed by atoms with E-state index in [1.54, 1.807) is 29.2 Å². The zero-order chi connectivity index (χ0) is 18.7. The monoisotopic (exact) mass is 393 g/mol. The fourth-order valence-electron chi connectivity index (χ4n) is 2.78. The van der Waals surface area contributed by atoms with E-state index in [2.05, 4.69) is 20.8 Å². The Kier molecular flexibility index (Phi) is 5.73. The average Bonchev–Trinajstić information content (AvgIpc) is 3.25. The SMILES string of the molecule is CC(C)NC(=O)N1CCCC1c1nnc(C(=O)Nc2ccc(Cl)cc2)s1. The molecule has 3 rings (SSSR count). The predicted octanol–water partition coefficient (Wildman–Crippen LogP) is 3.70. The number of nitrogens with zero attached hydrogens (tertiary/aromatic N) is 3. The fraction of sp³-hybridized carbons (Fsp3) is 0.412. The normalized spacial score (nSPS) is 16.8. The topological polar surface area (TPSA) is 87.2 Å². The third-order valence-corrected chi connectivity index (χ3v) is 5.22. The first kappa shape index (κ1) is 18.6. The highest BCUT2D eigenvalue weighted by Crippen LogP contribution is 2.33. The Hall–Kier alpha value is -2.19. The lowest BCUT2D eigenvalue weighted by Gasteiger charge is -2.24. The van der Waals surface area contributed by atoms with Gasteiger partial charge in [-0.15, -0.1) is 10.2 Å². The summed E-state index contributed by atoms with van der Waals surface area (Å²) >= 11 is 7.06. The number of hydrogen-bond acceptors (Lipinski definition) is 5. The molecule has 0 spiro atoms. The third-order valence-electron chi connectivity index (χ3n) is 3.95. The van der Waals surface area contributed by atoms with Crippen molar-refractivity contribution in [1.29, 1.82) is 0 Å². The van der Waals surface area contributed by atoms with Crippen molar-refractivity contribution in [2.24, 2.45) is 0 Å². The number of hydrogen-bond donors (Lipinski definition) is 2. The molecule has 2 N–H and O–H groups in total. The smallest absolute Gasteiger partial charge is 0.318 e. The zero-order valence-electron chi connectivity index (χ0n) is 14.5. The maximum absolute atomic E-state index is 12.4. The Labute approximate surface area is 160 Å². The number of anilines is 1. The van der Waals surface area contributed by atoms with Crippen molar-refractivity contribution >= 4 is 40.6 Å². The maximum atomic E-state index is 12.4. The number of carbonyl (C=O) groups is 2. The minimum absolute atomic E-state index is 0.0684. The molecule has 3 amide bonds. The molecule has 7 nitrogen and oxygen atoms in total. The molecule has 1 aliphatic heterocycles. The number of urea groups is 1. The Bertz CT molecular complexity index is 793. The van der Waals surface area contributed by atoms with Gasteiger partial charge in [0, 0.05) is 23.3 Å². The molecule has 1 saturated heterocycles. The van der Waals surface area contributed by atoms with E-state index < -0.39 is 0 Å². The molecule has 1 aliphatic rings. The van der Waals surface area contributed by atoms with Gasteiger partial charge in [-0.05, 0) is 51.0 Å². The first-order valence-electron chi connectivity index (χ1n) is 8.41. The van der Waals surface area contributed by atoms with E-state index in [1.165, 1.54) is 11.3 Å². The summed E-state index contributed by atoms with van der Waals surface area (Å²) in [5.41, 5.74) is 0.634. The van der Waals surface area contributed by atoms with E-state index in [-0.39, 0.29) is 29.0 Å². The van der Waals surface area contributed by atoms with Gasteiger partial charge in [0.05, 0.1) is 6.04 Å². The molecule has 2 aromatic rings. The van der Waals surface area contributed by atoms with E-state index in [4.69, 9.17) is 11.6 Å². The zero-order valence-corrected chi connectivity index (χ0v) is 16.1. The molecule has 1 atom stereocenters.